The number of hydrogen-bond acceptors (Lipinski definition) is 5. The van der Waals surface area contributed by atoms with Crippen LogP contribution in [0.2, 0.25) is 5.02 Å². The first-order valence-electron chi connectivity index (χ1n) is 14.6. The van der Waals surface area contributed by atoms with Gasteiger partial charge < -0.3 is 15.0 Å². The lowest BCUT2D eigenvalue weighted by molar-refractivity contribution is -0.121. The average molecular weight is 579 g/mol. The molecule has 1 N–H and O–H groups in total. The van der Waals surface area contributed by atoms with Crippen molar-refractivity contribution < 1.29 is 13.9 Å². The Kier molecular flexibility index (Phi) is 10.1. The van der Waals surface area contributed by atoms with Crippen LogP contribution < -0.4 is 15.0 Å². The first-order valence-corrected chi connectivity index (χ1v) is 15.0. The third kappa shape index (κ3) is 8.00. The topological polar surface area (TPSA) is 48.1 Å². The van der Waals surface area contributed by atoms with Gasteiger partial charge in [-0.05, 0) is 72.8 Å². The van der Waals surface area contributed by atoms with Crippen LogP contribution in [-0.2, 0) is 17.9 Å². The van der Waals surface area contributed by atoms with Gasteiger partial charge in [0.15, 0.2) is 0 Å². The smallest absolute Gasteiger partial charge is 0.220 e. The van der Waals surface area contributed by atoms with Gasteiger partial charge in [0.1, 0.15) is 11.6 Å². The number of anilines is 1. The van der Waals surface area contributed by atoms with Crippen molar-refractivity contribution >= 4 is 23.2 Å². The van der Waals surface area contributed by atoms with Crippen molar-refractivity contribution in [2.45, 2.75) is 38.4 Å². The summed E-state index contributed by atoms with van der Waals surface area (Å²) in [6.07, 6.45) is 2.39. The van der Waals surface area contributed by atoms with Crippen LogP contribution in [0.5, 0.6) is 5.75 Å². The largest absolute Gasteiger partial charge is 0.495 e. The van der Waals surface area contributed by atoms with Crippen LogP contribution >= 0.6 is 11.6 Å². The SMILES string of the molecule is COc1ccccc1N1CCN([C@@H]2CCN(Cc3cccc(Cl)c3)C[C@@H]2CCC(=O)NCc2ccc(F)cc2)CC1. The second kappa shape index (κ2) is 14.2. The van der Waals surface area contributed by atoms with Gasteiger partial charge in [0.05, 0.1) is 12.8 Å². The number of carbonyl (C=O) groups is 1. The molecule has 0 spiro atoms. The molecular formula is C33H40ClFN4O2. The van der Waals surface area contributed by atoms with E-state index < -0.39 is 0 Å². The number of benzene rings is 3. The van der Waals surface area contributed by atoms with E-state index in [1.54, 1.807) is 19.2 Å². The molecule has 2 aliphatic rings. The van der Waals surface area contributed by atoms with Crippen molar-refractivity contribution in [2.75, 3.05) is 51.3 Å². The predicted molar refractivity (Wildman–Crippen MR) is 163 cm³/mol. The predicted octanol–water partition coefficient (Wildman–Crippen LogP) is 5.60. The van der Waals surface area contributed by atoms with Gasteiger partial charge in [-0.15, -0.1) is 0 Å². The molecule has 0 bridgehead atoms. The van der Waals surface area contributed by atoms with Gasteiger partial charge in [-0.25, -0.2) is 4.39 Å². The minimum Gasteiger partial charge on any atom is -0.495 e. The average Bonchev–Trinajstić information content (AvgIpc) is 3.00. The number of ether oxygens (including phenoxy) is 1. The van der Waals surface area contributed by atoms with Crippen molar-refractivity contribution in [2.24, 2.45) is 5.92 Å². The first kappa shape index (κ1) is 29.4. The molecule has 2 saturated heterocycles. The van der Waals surface area contributed by atoms with E-state index in [1.165, 1.54) is 17.7 Å². The molecule has 5 rings (SSSR count). The van der Waals surface area contributed by atoms with Crippen molar-refractivity contribution in [3.05, 3.63) is 94.8 Å². The zero-order valence-electron chi connectivity index (χ0n) is 23.8. The van der Waals surface area contributed by atoms with Gasteiger partial charge in [0.25, 0.3) is 0 Å². The molecule has 0 aliphatic carbocycles. The first-order chi connectivity index (χ1) is 20.0. The van der Waals surface area contributed by atoms with Crippen molar-refractivity contribution in [1.82, 2.24) is 15.1 Å². The third-order valence-corrected chi connectivity index (χ3v) is 8.66. The van der Waals surface area contributed by atoms with Crippen LogP contribution in [0, 0.1) is 11.7 Å². The molecule has 2 heterocycles. The molecule has 3 aromatic carbocycles. The Balaban J connectivity index is 1.21. The Labute approximate surface area is 248 Å². The number of piperazine rings is 1. The zero-order valence-corrected chi connectivity index (χ0v) is 24.5. The van der Waals surface area contributed by atoms with Crippen molar-refractivity contribution in [3.63, 3.8) is 0 Å². The fourth-order valence-electron chi connectivity index (χ4n) is 6.29. The summed E-state index contributed by atoms with van der Waals surface area (Å²) >= 11 is 6.26. The van der Waals surface area contributed by atoms with E-state index in [0.717, 1.165) is 80.7 Å². The highest BCUT2D eigenvalue weighted by Crippen LogP contribution is 2.32. The number of rotatable bonds is 10. The highest BCUT2D eigenvalue weighted by molar-refractivity contribution is 6.30. The highest BCUT2D eigenvalue weighted by atomic mass is 35.5. The summed E-state index contributed by atoms with van der Waals surface area (Å²) in [6, 6.07) is 23.1. The molecule has 1 amide bonds. The maximum atomic E-state index is 13.2. The number of amides is 1. The number of carbonyl (C=O) groups excluding carboxylic acids is 1. The fraction of sp³-hybridized carbons (Fsp3) is 0.424. The third-order valence-electron chi connectivity index (χ3n) is 8.43. The summed E-state index contributed by atoms with van der Waals surface area (Å²) in [7, 11) is 1.73. The minimum atomic E-state index is -0.269. The molecule has 0 unspecified atom stereocenters. The second-order valence-electron chi connectivity index (χ2n) is 11.1. The Morgan fingerprint density at radius 2 is 1.76 bits per heavy atom. The molecule has 2 aliphatic heterocycles. The molecule has 8 heteroatoms. The van der Waals surface area contributed by atoms with E-state index in [9.17, 15) is 9.18 Å². The van der Waals surface area contributed by atoms with Crippen molar-refractivity contribution in [3.8, 4) is 5.75 Å². The molecular weight excluding hydrogens is 539 g/mol. The van der Waals surface area contributed by atoms with Gasteiger partial charge in [-0.2, -0.15) is 0 Å². The van der Waals surface area contributed by atoms with Crippen LogP contribution in [0.25, 0.3) is 0 Å². The molecule has 41 heavy (non-hydrogen) atoms. The monoisotopic (exact) mass is 578 g/mol. The summed E-state index contributed by atoms with van der Waals surface area (Å²) in [6.45, 7) is 7.14. The van der Waals surface area contributed by atoms with Gasteiger partial charge in [-0.3, -0.25) is 14.6 Å². The highest BCUT2D eigenvalue weighted by Gasteiger charge is 2.35. The number of piperidine rings is 1. The van der Waals surface area contributed by atoms with Gasteiger partial charge in [-0.1, -0.05) is 48.0 Å². The summed E-state index contributed by atoms with van der Waals surface area (Å²) in [4.78, 5) is 20.4. The van der Waals surface area contributed by atoms with Crippen LogP contribution in [0.3, 0.4) is 0 Å². The Hall–Kier alpha value is -3.13. The molecule has 2 atom stereocenters. The normalized spacial score (nSPS) is 20.1. The zero-order chi connectivity index (χ0) is 28.6. The fourth-order valence-corrected chi connectivity index (χ4v) is 6.50. The number of methoxy groups -OCH3 is 1. The van der Waals surface area contributed by atoms with Gasteiger partial charge >= 0.3 is 0 Å². The lowest BCUT2D eigenvalue weighted by Gasteiger charge is -2.47. The molecule has 218 valence electrons. The maximum Gasteiger partial charge on any atom is 0.220 e. The van der Waals surface area contributed by atoms with Gasteiger partial charge in [0, 0.05) is 63.3 Å². The molecule has 6 nitrogen and oxygen atoms in total. The van der Waals surface area contributed by atoms with Gasteiger partial charge in [0.2, 0.25) is 5.91 Å². The number of para-hydroxylation sites is 2. The summed E-state index contributed by atoms with van der Waals surface area (Å²) in [5.74, 6) is 1.08. The van der Waals surface area contributed by atoms with E-state index in [0.29, 0.717) is 24.9 Å². The molecule has 2 fully saturated rings. The lowest BCUT2D eigenvalue weighted by atomic mass is 9.86. The van der Waals surface area contributed by atoms with Crippen LogP contribution in [0.4, 0.5) is 10.1 Å². The number of nitrogens with zero attached hydrogens (tertiary/aromatic N) is 3. The lowest BCUT2D eigenvalue weighted by Crippen LogP contribution is -2.56. The number of hydrogen-bond donors (Lipinski definition) is 1. The molecule has 0 radical (unpaired) electrons. The maximum absolute atomic E-state index is 13.2. The molecule has 0 aromatic heterocycles. The Bertz CT molecular complexity index is 1280. The van der Waals surface area contributed by atoms with E-state index in [-0.39, 0.29) is 11.7 Å². The quantitative estimate of drug-likeness (QED) is 0.339. The Morgan fingerprint density at radius 3 is 2.51 bits per heavy atom. The van der Waals surface area contributed by atoms with E-state index >= 15 is 0 Å². The van der Waals surface area contributed by atoms with Crippen LogP contribution in [0.15, 0.2) is 72.8 Å². The Morgan fingerprint density at radius 1 is 0.976 bits per heavy atom. The minimum absolute atomic E-state index is 0.0426. The molecule has 3 aromatic rings. The van der Waals surface area contributed by atoms with E-state index in [2.05, 4.69) is 38.2 Å². The van der Waals surface area contributed by atoms with Crippen LogP contribution in [-0.4, -0.2) is 68.1 Å². The van der Waals surface area contributed by atoms with E-state index in [4.69, 9.17) is 16.3 Å². The van der Waals surface area contributed by atoms with Crippen molar-refractivity contribution in [1.29, 1.82) is 0 Å². The summed E-state index contributed by atoms with van der Waals surface area (Å²) in [5, 5.41) is 3.79. The number of halogens is 2. The van der Waals surface area contributed by atoms with E-state index in [1.807, 2.05) is 30.3 Å². The molecule has 0 saturated carbocycles. The summed E-state index contributed by atoms with van der Waals surface area (Å²) < 4.78 is 18.8. The number of likely N-dealkylation sites (tertiary alicyclic amines) is 1. The number of nitrogens with one attached hydrogen (secondary N) is 1. The van der Waals surface area contributed by atoms with Crippen LogP contribution in [0.1, 0.15) is 30.4 Å². The standard InChI is InChI=1S/C33H40ClFN4O2/c1-41-32-8-3-2-7-31(32)39-19-17-38(18-20-39)30-15-16-37(23-26-5-4-6-28(34)21-26)24-27(30)11-14-33(40)36-22-25-9-12-29(35)13-10-25/h2-10,12-13,21,27,30H,11,14-20,22-24H2,1H3,(H,36,40)/t27-,30+/m0/s1. The second-order valence-corrected chi connectivity index (χ2v) is 11.6. The summed E-state index contributed by atoms with van der Waals surface area (Å²) in [5.41, 5.74) is 3.27.